The molecule has 1 N–H and O–H groups in total. The van der Waals surface area contributed by atoms with E-state index in [0.29, 0.717) is 4.90 Å². The van der Waals surface area contributed by atoms with Crippen molar-refractivity contribution in [1.82, 2.24) is 4.90 Å². The first-order chi connectivity index (χ1) is 10.5. The number of hydrogen-bond donors (Lipinski definition) is 1. The topological polar surface area (TPSA) is 101 Å². The molecule has 0 saturated heterocycles. The minimum atomic E-state index is -1.39. The maximum atomic E-state index is 12.2. The summed E-state index contributed by atoms with van der Waals surface area (Å²) < 4.78 is 4.73. The van der Waals surface area contributed by atoms with Crippen molar-refractivity contribution in [2.45, 2.75) is 25.8 Å². The van der Waals surface area contributed by atoms with Gasteiger partial charge in [0.2, 0.25) is 0 Å². The summed E-state index contributed by atoms with van der Waals surface area (Å²) in [6.07, 6.45) is -0.363. The van der Waals surface area contributed by atoms with Crippen LogP contribution in [0.2, 0.25) is 0 Å². The number of rotatable bonds is 6. The molecule has 0 aromatic heterocycles. The summed E-state index contributed by atoms with van der Waals surface area (Å²) in [5.41, 5.74) is 0.352. The predicted molar refractivity (Wildman–Crippen MR) is 74.2 cm³/mol. The molecule has 0 fully saturated rings. The number of carbonyl (C=O) groups excluding carboxylic acids is 3. The van der Waals surface area contributed by atoms with Crippen molar-refractivity contribution in [3.63, 3.8) is 0 Å². The third kappa shape index (κ3) is 2.83. The zero-order chi connectivity index (χ0) is 16.3. The Hall–Kier alpha value is -2.70. The molecule has 1 aliphatic heterocycles. The number of imide groups is 1. The van der Waals surface area contributed by atoms with Gasteiger partial charge >= 0.3 is 11.9 Å². The zero-order valence-electron chi connectivity index (χ0n) is 11.9. The maximum Gasteiger partial charge on any atom is 0.326 e. The zero-order valence-corrected chi connectivity index (χ0v) is 11.9. The Morgan fingerprint density at radius 2 is 1.73 bits per heavy atom. The molecule has 1 atom stereocenters. The van der Waals surface area contributed by atoms with Crippen LogP contribution in [0.4, 0.5) is 0 Å². The minimum absolute atomic E-state index is 0.176. The minimum Gasteiger partial charge on any atom is -0.480 e. The number of amides is 2. The number of hydrogen-bond acceptors (Lipinski definition) is 5. The van der Waals surface area contributed by atoms with Gasteiger partial charge in [-0.25, -0.2) is 4.79 Å². The molecule has 0 spiro atoms. The molecule has 0 radical (unpaired) electrons. The van der Waals surface area contributed by atoms with Crippen molar-refractivity contribution >= 4 is 23.8 Å². The molecule has 0 unspecified atom stereocenters. The third-order valence-electron chi connectivity index (χ3n) is 3.35. The van der Waals surface area contributed by atoms with Gasteiger partial charge in [0.1, 0.15) is 6.04 Å². The monoisotopic (exact) mass is 305 g/mol. The van der Waals surface area contributed by atoms with E-state index in [0.717, 1.165) is 0 Å². The largest absolute Gasteiger partial charge is 0.480 e. The van der Waals surface area contributed by atoms with E-state index in [2.05, 4.69) is 0 Å². The maximum absolute atomic E-state index is 12.2. The number of nitrogens with zero attached hydrogens (tertiary/aromatic N) is 1. The summed E-state index contributed by atoms with van der Waals surface area (Å²) in [6, 6.07) is 4.75. The van der Waals surface area contributed by atoms with Crippen molar-refractivity contribution < 1.29 is 29.0 Å². The highest BCUT2D eigenvalue weighted by Crippen LogP contribution is 2.26. The van der Waals surface area contributed by atoms with Crippen LogP contribution in [0.25, 0.3) is 0 Å². The molecule has 2 amide bonds. The fourth-order valence-corrected chi connectivity index (χ4v) is 2.34. The summed E-state index contributed by atoms with van der Waals surface area (Å²) in [4.78, 5) is 48.0. The van der Waals surface area contributed by atoms with Crippen LogP contribution >= 0.6 is 0 Å². The van der Waals surface area contributed by atoms with Crippen LogP contribution in [0, 0.1) is 0 Å². The molecule has 0 bridgehead atoms. The number of fused-ring (bicyclic) bond motifs is 1. The molecule has 0 saturated carbocycles. The first kappa shape index (κ1) is 15.7. The molecule has 116 valence electrons. The summed E-state index contributed by atoms with van der Waals surface area (Å²) >= 11 is 0. The number of aliphatic carboxylic acids is 1. The Bertz CT molecular complexity index is 604. The van der Waals surface area contributed by atoms with Crippen molar-refractivity contribution in [3.8, 4) is 0 Å². The van der Waals surface area contributed by atoms with Crippen LogP contribution in [-0.2, 0) is 14.3 Å². The first-order valence-corrected chi connectivity index (χ1v) is 6.82. The van der Waals surface area contributed by atoms with Crippen molar-refractivity contribution in [2.24, 2.45) is 0 Å². The van der Waals surface area contributed by atoms with Crippen LogP contribution in [0.5, 0.6) is 0 Å². The average molecular weight is 305 g/mol. The summed E-state index contributed by atoms with van der Waals surface area (Å²) in [6.45, 7) is 1.82. The van der Waals surface area contributed by atoms with Crippen molar-refractivity contribution in [1.29, 1.82) is 0 Å². The van der Waals surface area contributed by atoms with Crippen LogP contribution < -0.4 is 0 Å². The Labute approximate surface area is 126 Å². The lowest BCUT2D eigenvalue weighted by molar-refractivity contribution is -0.145. The van der Waals surface area contributed by atoms with Crippen LogP contribution in [0.15, 0.2) is 24.3 Å². The Kier molecular flexibility index (Phi) is 4.55. The van der Waals surface area contributed by atoms with Gasteiger partial charge in [-0.05, 0) is 25.5 Å². The molecule has 7 nitrogen and oxygen atoms in total. The lowest BCUT2D eigenvalue weighted by Crippen LogP contribution is -2.45. The Morgan fingerprint density at radius 3 is 2.18 bits per heavy atom. The normalized spacial score (nSPS) is 14.7. The molecular weight excluding hydrogens is 290 g/mol. The molecule has 1 aromatic carbocycles. The van der Waals surface area contributed by atoms with E-state index in [1.54, 1.807) is 19.1 Å². The SMILES string of the molecule is CCOC(=O)CC[C@@H](C(=O)O)N1C(=O)c2ccccc2C1=O. The molecule has 1 heterocycles. The quantitative estimate of drug-likeness (QED) is 0.623. The van der Waals surface area contributed by atoms with Gasteiger partial charge in [0.15, 0.2) is 0 Å². The van der Waals surface area contributed by atoms with Crippen molar-refractivity contribution in [3.05, 3.63) is 35.4 Å². The van der Waals surface area contributed by atoms with E-state index >= 15 is 0 Å². The van der Waals surface area contributed by atoms with E-state index in [-0.39, 0.29) is 30.6 Å². The second-order valence-corrected chi connectivity index (χ2v) is 4.72. The molecule has 1 aliphatic rings. The highest BCUT2D eigenvalue weighted by molar-refractivity contribution is 6.22. The van der Waals surface area contributed by atoms with E-state index in [4.69, 9.17) is 4.74 Å². The van der Waals surface area contributed by atoms with Crippen LogP contribution in [0.3, 0.4) is 0 Å². The molecular formula is C15H15NO6. The lowest BCUT2D eigenvalue weighted by Gasteiger charge is -2.22. The molecule has 0 aliphatic carbocycles. The van der Waals surface area contributed by atoms with Crippen LogP contribution in [-0.4, -0.2) is 46.4 Å². The highest BCUT2D eigenvalue weighted by Gasteiger charge is 2.42. The number of esters is 1. The number of carbonyl (C=O) groups is 4. The molecule has 7 heteroatoms. The fraction of sp³-hybridized carbons (Fsp3) is 0.333. The van der Waals surface area contributed by atoms with Gasteiger partial charge in [0.05, 0.1) is 17.7 Å². The van der Waals surface area contributed by atoms with E-state index in [9.17, 15) is 24.3 Å². The molecule has 2 rings (SSSR count). The van der Waals surface area contributed by atoms with Crippen LogP contribution in [0.1, 0.15) is 40.5 Å². The van der Waals surface area contributed by atoms with Gasteiger partial charge in [-0.15, -0.1) is 0 Å². The number of carboxylic acid groups (broad SMARTS) is 1. The van der Waals surface area contributed by atoms with Crippen molar-refractivity contribution in [2.75, 3.05) is 6.61 Å². The van der Waals surface area contributed by atoms with E-state index < -0.39 is 29.8 Å². The van der Waals surface area contributed by atoms with Gasteiger partial charge < -0.3 is 9.84 Å². The van der Waals surface area contributed by atoms with Gasteiger partial charge in [-0.1, -0.05) is 12.1 Å². The summed E-state index contributed by atoms with van der Waals surface area (Å²) in [7, 11) is 0. The second-order valence-electron chi connectivity index (χ2n) is 4.72. The first-order valence-electron chi connectivity index (χ1n) is 6.82. The third-order valence-corrected chi connectivity index (χ3v) is 3.35. The molecule has 22 heavy (non-hydrogen) atoms. The van der Waals surface area contributed by atoms with Gasteiger partial charge in [0, 0.05) is 6.42 Å². The Morgan fingerprint density at radius 1 is 1.18 bits per heavy atom. The number of benzene rings is 1. The average Bonchev–Trinajstić information content (AvgIpc) is 2.73. The van der Waals surface area contributed by atoms with Gasteiger partial charge in [0.25, 0.3) is 11.8 Å². The standard InChI is InChI=1S/C15H15NO6/c1-2-22-12(17)8-7-11(15(20)21)16-13(18)9-5-3-4-6-10(9)14(16)19/h3-6,11H,2,7-8H2,1H3,(H,20,21)/t11-/m0/s1. The fourth-order valence-electron chi connectivity index (χ4n) is 2.34. The van der Waals surface area contributed by atoms with E-state index in [1.165, 1.54) is 12.1 Å². The lowest BCUT2D eigenvalue weighted by atomic mass is 10.1. The number of carboxylic acids is 1. The summed E-state index contributed by atoms with van der Waals surface area (Å²) in [5, 5.41) is 9.29. The molecule has 1 aromatic rings. The second kappa shape index (κ2) is 6.38. The smallest absolute Gasteiger partial charge is 0.326 e. The predicted octanol–water partition coefficient (Wildman–Crippen LogP) is 1.08. The highest BCUT2D eigenvalue weighted by atomic mass is 16.5. The van der Waals surface area contributed by atoms with Gasteiger partial charge in [-0.2, -0.15) is 0 Å². The summed E-state index contributed by atoms with van der Waals surface area (Å²) in [5.74, 6) is -3.21. The Balaban J connectivity index is 2.20. The van der Waals surface area contributed by atoms with Gasteiger partial charge in [-0.3, -0.25) is 19.3 Å². The van der Waals surface area contributed by atoms with E-state index in [1.807, 2.05) is 0 Å². The number of ether oxygens (including phenoxy) is 1.